The highest BCUT2D eigenvalue weighted by Crippen LogP contribution is 2.11. The molecule has 0 unspecified atom stereocenters. The third-order valence-electron chi connectivity index (χ3n) is 3.95. The van der Waals surface area contributed by atoms with Gasteiger partial charge in [-0.2, -0.15) is 0 Å². The summed E-state index contributed by atoms with van der Waals surface area (Å²) in [7, 11) is 0. The SMILES string of the molecule is C[C@H](O)CN1CCN(C(=O)c2ccc(-n3ccnc3)nc2)CC1. The maximum Gasteiger partial charge on any atom is 0.255 e. The number of carbonyl (C=O) groups is 1. The van der Waals surface area contributed by atoms with Gasteiger partial charge in [0.05, 0.1) is 11.7 Å². The summed E-state index contributed by atoms with van der Waals surface area (Å²) < 4.78 is 1.79. The molecule has 122 valence electrons. The van der Waals surface area contributed by atoms with E-state index in [1.54, 1.807) is 36.3 Å². The van der Waals surface area contributed by atoms with Crippen LogP contribution in [0.3, 0.4) is 0 Å². The molecule has 1 amide bonds. The lowest BCUT2D eigenvalue weighted by Gasteiger charge is -2.35. The summed E-state index contributed by atoms with van der Waals surface area (Å²) in [6.07, 6.45) is 6.45. The molecule has 0 radical (unpaired) electrons. The number of aromatic nitrogens is 3. The first kappa shape index (κ1) is 15.6. The summed E-state index contributed by atoms with van der Waals surface area (Å²) in [5.41, 5.74) is 0.595. The van der Waals surface area contributed by atoms with E-state index in [9.17, 15) is 9.90 Å². The lowest BCUT2D eigenvalue weighted by atomic mass is 10.2. The van der Waals surface area contributed by atoms with Gasteiger partial charge >= 0.3 is 0 Å². The van der Waals surface area contributed by atoms with Crippen molar-refractivity contribution in [2.24, 2.45) is 0 Å². The fourth-order valence-electron chi connectivity index (χ4n) is 2.75. The molecule has 2 aromatic rings. The molecule has 23 heavy (non-hydrogen) atoms. The van der Waals surface area contributed by atoms with Gasteiger partial charge in [-0.25, -0.2) is 9.97 Å². The molecule has 1 N–H and O–H groups in total. The predicted molar refractivity (Wildman–Crippen MR) is 85.4 cm³/mol. The van der Waals surface area contributed by atoms with E-state index in [1.807, 2.05) is 17.2 Å². The van der Waals surface area contributed by atoms with Gasteiger partial charge in [0.25, 0.3) is 5.91 Å². The molecular formula is C16H21N5O2. The van der Waals surface area contributed by atoms with Crippen molar-refractivity contribution >= 4 is 5.91 Å². The molecule has 0 aromatic carbocycles. The number of imidazole rings is 1. The first-order valence-electron chi connectivity index (χ1n) is 7.77. The number of carbonyl (C=O) groups excluding carboxylic acids is 1. The Labute approximate surface area is 135 Å². The Balaban J connectivity index is 1.60. The van der Waals surface area contributed by atoms with Gasteiger partial charge in [0.15, 0.2) is 0 Å². The van der Waals surface area contributed by atoms with E-state index in [0.717, 1.165) is 18.9 Å². The Bertz CT molecular complexity index is 631. The Kier molecular flexibility index (Phi) is 4.68. The number of aliphatic hydroxyl groups excluding tert-OH is 1. The van der Waals surface area contributed by atoms with Crippen LogP contribution in [-0.2, 0) is 0 Å². The minimum Gasteiger partial charge on any atom is -0.392 e. The maximum absolute atomic E-state index is 12.5. The summed E-state index contributed by atoms with van der Waals surface area (Å²) in [6, 6.07) is 3.62. The molecule has 1 atom stereocenters. The Morgan fingerprint density at radius 1 is 1.30 bits per heavy atom. The van der Waals surface area contributed by atoms with Crippen LogP contribution in [0.25, 0.3) is 5.82 Å². The van der Waals surface area contributed by atoms with Crippen LogP contribution < -0.4 is 0 Å². The topological polar surface area (TPSA) is 74.5 Å². The Morgan fingerprint density at radius 3 is 2.65 bits per heavy atom. The van der Waals surface area contributed by atoms with Crippen molar-refractivity contribution in [1.29, 1.82) is 0 Å². The fourth-order valence-corrected chi connectivity index (χ4v) is 2.75. The second-order valence-electron chi connectivity index (χ2n) is 5.82. The number of piperazine rings is 1. The molecule has 1 aliphatic heterocycles. The van der Waals surface area contributed by atoms with E-state index in [2.05, 4.69) is 14.9 Å². The van der Waals surface area contributed by atoms with Crippen molar-refractivity contribution < 1.29 is 9.90 Å². The van der Waals surface area contributed by atoms with Crippen LogP contribution in [0, 0.1) is 0 Å². The lowest BCUT2D eigenvalue weighted by molar-refractivity contribution is 0.0554. The summed E-state index contributed by atoms with van der Waals surface area (Å²) in [5, 5.41) is 9.43. The minimum atomic E-state index is -0.336. The molecule has 0 spiro atoms. The van der Waals surface area contributed by atoms with E-state index >= 15 is 0 Å². The van der Waals surface area contributed by atoms with Crippen molar-refractivity contribution in [1.82, 2.24) is 24.3 Å². The van der Waals surface area contributed by atoms with Gasteiger partial charge in [-0.05, 0) is 19.1 Å². The van der Waals surface area contributed by atoms with Crippen molar-refractivity contribution in [3.63, 3.8) is 0 Å². The van der Waals surface area contributed by atoms with E-state index < -0.39 is 0 Å². The monoisotopic (exact) mass is 315 g/mol. The van der Waals surface area contributed by atoms with Gasteiger partial charge in [-0.1, -0.05) is 0 Å². The van der Waals surface area contributed by atoms with Crippen molar-refractivity contribution in [3.05, 3.63) is 42.6 Å². The van der Waals surface area contributed by atoms with Crippen LogP contribution in [0.4, 0.5) is 0 Å². The number of rotatable bonds is 4. The number of hydrogen-bond acceptors (Lipinski definition) is 5. The van der Waals surface area contributed by atoms with Crippen molar-refractivity contribution in [3.8, 4) is 5.82 Å². The van der Waals surface area contributed by atoms with E-state index in [4.69, 9.17) is 0 Å². The number of pyridine rings is 1. The molecule has 3 heterocycles. The second-order valence-corrected chi connectivity index (χ2v) is 5.82. The number of aliphatic hydroxyl groups is 1. The number of β-amino-alcohol motifs (C(OH)–C–C–N with tert-alkyl or cyclic N) is 1. The third-order valence-corrected chi connectivity index (χ3v) is 3.95. The van der Waals surface area contributed by atoms with Crippen LogP contribution in [0.1, 0.15) is 17.3 Å². The van der Waals surface area contributed by atoms with Crippen molar-refractivity contribution in [2.45, 2.75) is 13.0 Å². The predicted octanol–water partition coefficient (Wildman–Crippen LogP) is 0.406. The zero-order chi connectivity index (χ0) is 16.2. The molecule has 0 bridgehead atoms. The summed E-state index contributed by atoms with van der Waals surface area (Å²) in [6.45, 7) is 5.37. The number of nitrogens with zero attached hydrogens (tertiary/aromatic N) is 5. The van der Waals surface area contributed by atoms with Crippen LogP contribution in [0.5, 0.6) is 0 Å². The summed E-state index contributed by atoms with van der Waals surface area (Å²) in [5.74, 6) is 0.743. The molecule has 7 nitrogen and oxygen atoms in total. The molecular weight excluding hydrogens is 294 g/mol. The van der Waals surface area contributed by atoms with Gasteiger partial charge in [-0.15, -0.1) is 0 Å². The smallest absolute Gasteiger partial charge is 0.255 e. The van der Waals surface area contributed by atoms with Gasteiger partial charge in [0.1, 0.15) is 12.1 Å². The normalized spacial score (nSPS) is 17.2. The average Bonchev–Trinajstić information content (AvgIpc) is 3.09. The molecule has 7 heteroatoms. The highest BCUT2D eigenvalue weighted by atomic mass is 16.3. The number of hydrogen-bond donors (Lipinski definition) is 1. The van der Waals surface area contributed by atoms with E-state index in [0.29, 0.717) is 25.2 Å². The highest BCUT2D eigenvalue weighted by Gasteiger charge is 2.22. The molecule has 1 saturated heterocycles. The van der Waals surface area contributed by atoms with Crippen molar-refractivity contribution in [2.75, 3.05) is 32.7 Å². The molecule has 2 aromatic heterocycles. The van der Waals surface area contributed by atoms with Crippen LogP contribution in [0.15, 0.2) is 37.1 Å². The fraction of sp³-hybridized carbons (Fsp3) is 0.438. The molecule has 0 aliphatic carbocycles. The van der Waals surface area contributed by atoms with E-state index in [-0.39, 0.29) is 12.0 Å². The zero-order valence-electron chi connectivity index (χ0n) is 13.2. The third kappa shape index (κ3) is 3.75. The standard InChI is InChI=1S/C16H21N5O2/c1-13(22)11-19-6-8-20(9-7-19)16(23)14-2-3-15(18-10-14)21-5-4-17-12-21/h2-5,10,12-13,22H,6-9,11H2,1H3/t13-/m0/s1. The average molecular weight is 315 g/mol. The number of amides is 1. The van der Waals surface area contributed by atoms with Gasteiger partial charge < -0.3 is 10.0 Å². The zero-order valence-corrected chi connectivity index (χ0v) is 13.2. The van der Waals surface area contributed by atoms with E-state index in [1.165, 1.54) is 0 Å². The summed E-state index contributed by atoms with van der Waals surface area (Å²) >= 11 is 0. The second kappa shape index (κ2) is 6.89. The Hall–Kier alpha value is -2.25. The highest BCUT2D eigenvalue weighted by molar-refractivity contribution is 5.94. The van der Waals surface area contributed by atoms with Crippen LogP contribution in [0.2, 0.25) is 0 Å². The summed E-state index contributed by atoms with van der Waals surface area (Å²) in [4.78, 5) is 24.8. The molecule has 3 rings (SSSR count). The first-order chi connectivity index (χ1) is 11.1. The van der Waals surface area contributed by atoms with Gasteiger partial charge in [-0.3, -0.25) is 14.3 Å². The quantitative estimate of drug-likeness (QED) is 0.884. The largest absolute Gasteiger partial charge is 0.392 e. The lowest BCUT2D eigenvalue weighted by Crippen LogP contribution is -2.50. The van der Waals surface area contributed by atoms with Gasteiger partial charge in [0.2, 0.25) is 0 Å². The van der Waals surface area contributed by atoms with Gasteiger partial charge in [0, 0.05) is 51.3 Å². The first-order valence-corrected chi connectivity index (χ1v) is 7.77. The van der Waals surface area contributed by atoms with Crippen LogP contribution in [-0.4, -0.2) is 74.2 Å². The Morgan fingerprint density at radius 2 is 2.09 bits per heavy atom. The molecule has 1 aliphatic rings. The molecule has 1 fully saturated rings. The maximum atomic E-state index is 12.5. The molecule has 0 saturated carbocycles. The van der Waals surface area contributed by atoms with Crippen LogP contribution >= 0.6 is 0 Å². The minimum absolute atomic E-state index is 0.00591.